The largest absolute Gasteiger partial charge is 0.497 e. The van der Waals surface area contributed by atoms with Crippen molar-refractivity contribution in [1.82, 2.24) is 0 Å². The first-order valence-electron chi connectivity index (χ1n) is 5.05. The molecule has 1 aromatic rings. The number of fused-ring (bicyclic) bond motifs is 1. The Kier molecular flexibility index (Phi) is 3.12. The van der Waals surface area contributed by atoms with Crippen LogP contribution in [-0.4, -0.2) is 12.4 Å². The molecule has 0 N–H and O–H groups in total. The number of alkyl halides is 1. The van der Waals surface area contributed by atoms with E-state index in [-0.39, 0.29) is 0 Å². The second-order valence-corrected chi connectivity index (χ2v) is 4.55. The van der Waals surface area contributed by atoms with Crippen LogP contribution < -0.4 is 4.74 Å². The fraction of sp³-hybridized carbons (Fsp3) is 0.500. The summed E-state index contributed by atoms with van der Waals surface area (Å²) in [5.74, 6) is 1.79. The molecule has 14 heavy (non-hydrogen) atoms. The standard InChI is InChI=1S/C12H15BrO/c1-14-12-5-4-10-3-2-9(8-13)6-11(10)7-12/h4-5,7,9H,2-3,6,8H2,1H3. The van der Waals surface area contributed by atoms with Crippen LogP contribution in [0.3, 0.4) is 0 Å². The summed E-state index contributed by atoms with van der Waals surface area (Å²) in [5, 5.41) is 1.11. The van der Waals surface area contributed by atoms with Gasteiger partial charge in [0.1, 0.15) is 5.75 Å². The molecule has 0 radical (unpaired) electrons. The highest BCUT2D eigenvalue weighted by Gasteiger charge is 2.17. The van der Waals surface area contributed by atoms with E-state index < -0.39 is 0 Å². The average Bonchev–Trinajstić information content (AvgIpc) is 2.27. The number of ether oxygens (including phenoxy) is 1. The van der Waals surface area contributed by atoms with Crippen LogP contribution in [-0.2, 0) is 12.8 Å². The fourth-order valence-electron chi connectivity index (χ4n) is 2.07. The summed E-state index contributed by atoms with van der Waals surface area (Å²) < 4.78 is 5.24. The van der Waals surface area contributed by atoms with E-state index >= 15 is 0 Å². The zero-order valence-electron chi connectivity index (χ0n) is 8.42. The van der Waals surface area contributed by atoms with Crippen molar-refractivity contribution in [3.8, 4) is 5.75 Å². The van der Waals surface area contributed by atoms with Crippen molar-refractivity contribution >= 4 is 15.9 Å². The van der Waals surface area contributed by atoms with E-state index in [1.165, 1.54) is 30.4 Å². The lowest BCUT2D eigenvalue weighted by molar-refractivity contribution is 0.412. The molecule has 76 valence electrons. The van der Waals surface area contributed by atoms with E-state index in [0.29, 0.717) is 0 Å². The van der Waals surface area contributed by atoms with Crippen molar-refractivity contribution in [2.45, 2.75) is 19.3 Å². The highest BCUT2D eigenvalue weighted by atomic mass is 79.9. The van der Waals surface area contributed by atoms with Crippen LogP contribution in [0.25, 0.3) is 0 Å². The van der Waals surface area contributed by atoms with Crippen LogP contribution >= 0.6 is 15.9 Å². The van der Waals surface area contributed by atoms with Gasteiger partial charge >= 0.3 is 0 Å². The van der Waals surface area contributed by atoms with Gasteiger partial charge in [-0.25, -0.2) is 0 Å². The predicted molar refractivity (Wildman–Crippen MR) is 62.3 cm³/mol. The Morgan fingerprint density at radius 1 is 1.43 bits per heavy atom. The van der Waals surface area contributed by atoms with Gasteiger partial charge in [-0.2, -0.15) is 0 Å². The Morgan fingerprint density at radius 3 is 3.00 bits per heavy atom. The fourth-order valence-corrected chi connectivity index (χ4v) is 2.62. The quantitative estimate of drug-likeness (QED) is 0.737. The van der Waals surface area contributed by atoms with E-state index in [1.54, 1.807) is 7.11 Å². The molecule has 1 aliphatic carbocycles. The number of aryl methyl sites for hydroxylation is 1. The molecule has 1 unspecified atom stereocenters. The Hall–Kier alpha value is -0.500. The van der Waals surface area contributed by atoms with Gasteiger partial charge in [0.25, 0.3) is 0 Å². The monoisotopic (exact) mass is 254 g/mol. The SMILES string of the molecule is COc1ccc2c(c1)CC(CBr)CC2. The molecular formula is C12H15BrO. The van der Waals surface area contributed by atoms with E-state index in [0.717, 1.165) is 17.0 Å². The second-order valence-electron chi connectivity index (χ2n) is 3.90. The zero-order chi connectivity index (χ0) is 9.97. The second kappa shape index (κ2) is 4.35. The summed E-state index contributed by atoms with van der Waals surface area (Å²) in [4.78, 5) is 0. The number of methoxy groups -OCH3 is 1. The van der Waals surface area contributed by atoms with E-state index in [9.17, 15) is 0 Å². The molecule has 0 fully saturated rings. The molecule has 0 amide bonds. The van der Waals surface area contributed by atoms with Gasteiger partial charge in [-0.3, -0.25) is 0 Å². The lowest BCUT2D eigenvalue weighted by Gasteiger charge is -2.23. The van der Waals surface area contributed by atoms with Gasteiger partial charge in [0.15, 0.2) is 0 Å². The lowest BCUT2D eigenvalue weighted by atomic mass is 9.85. The maximum atomic E-state index is 5.24. The third kappa shape index (κ3) is 1.95. The highest BCUT2D eigenvalue weighted by molar-refractivity contribution is 9.09. The molecule has 0 aliphatic heterocycles. The van der Waals surface area contributed by atoms with Crippen LogP contribution in [0, 0.1) is 5.92 Å². The predicted octanol–water partition coefficient (Wildman–Crippen LogP) is 3.20. The Balaban J connectivity index is 2.25. The van der Waals surface area contributed by atoms with E-state index in [2.05, 4.69) is 34.1 Å². The molecule has 1 atom stereocenters. The van der Waals surface area contributed by atoms with Crippen molar-refractivity contribution in [1.29, 1.82) is 0 Å². The Labute approximate surface area is 93.6 Å². The van der Waals surface area contributed by atoms with E-state index in [1.807, 2.05) is 0 Å². The van der Waals surface area contributed by atoms with Crippen LogP contribution in [0.5, 0.6) is 5.75 Å². The summed E-state index contributed by atoms with van der Waals surface area (Å²) in [6, 6.07) is 6.45. The maximum Gasteiger partial charge on any atom is 0.119 e. The third-order valence-electron chi connectivity index (χ3n) is 2.96. The molecule has 1 aliphatic rings. The number of hydrogen-bond donors (Lipinski definition) is 0. The minimum atomic E-state index is 0.801. The normalized spacial score (nSPS) is 20.3. The van der Waals surface area contributed by atoms with Crippen molar-refractivity contribution in [2.24, 2.45) is 5.92 Å². The summed E-state index contributed by atoms with van der Waals surface area (Å²) in [6.45, 7) is 0. The minimum absolute atomic E-state index is 0.801. The van der Waals surface area contributed by atoms with Crippen molar-refractivity contribution in [2.75, 3.05) is 12.4 Å². The van der Waals surface area contributed by atoms with Gasteiger partial charge in [0, 0.05) is 5.33 Å². The molecule has 0 bridgehead atoms. The summed E-state index contributed by atoms with van der Waals surface area (Å²) in [7, 11) is 1.73. The van der Waals surface area contributed by atoms with Crippen LogP contribution in [0.1, 0.15) is 17.5 Å². The third-order valence-corrected chi connectivity index (χ3v) is 3.88. The Bertz CT molecular complexity index is 322. The number of rotatable bonds is 2. The lowest BCUT2D eigenvalue weighted by Crippen LogP contribution is -2.15. The molecule has 1 nitrogen and oxygen atoms in total. The van der Waals surface area contributed by atoms with Crippen LogP contribution in [0.4, 0.5) is 0 Å². The first-order valence-corrected chi connectivity index (χ1v) is 6.17. The van der Waals surface area contributed by atoms with Gasteiger partial charge in [-0.05, 0) is 48.4 Å². The maximum absolute atomic E-state index is 5.24. The van der Waals surface area contributed by atoms with Crippen molar-refractivity contribution in [3.63, 3.8) is 0 Å². The van der Waals surface area contributed by atoms with Gasteiger partial charge in [-0.1, -0.05) is 22.0 Å². The molecule has 2 heteroatoms. The van der Waals surface area contributed by atoms with Crippen molar-refractivity contribution < 1.29 is 4.74 Å². The molecule has 0 saturated carbocycles. The molecule has 0 aromatic heterocycles. The minimum Gasteiger partial charge on any atom is -0.497 e. The topological polar surface area (TPSA) is 9.23 Å². The average molecular weight is 255 g/mol. The molecular weight excluding hydrogens is 240 g/mol. The first kappa shape index (κ1) is 10.0. The Morgan fingerprint density at radius 2 is 2.29 bits per heavy atom. The molecule has 1 aromatic carbocycles. The van der Waals surface area contributed by atoms with E-state index in [4.69, 9.17) is 4.74 Å². The van der Waals surface area contributed by atoms with Gasteiger partial charge < -0.3 is 4.74 Å². The van der Waals surface area contributed by atoms with Crippen LogP contribution in [0.15, 0.2) is 18.2 Å². The van der Waals surface area contributed by atoms with Crippen LogP contribution in [0.2, 0.25) is 0 Å². The smallest absolute Gasteiger partial charge is 0.119 e. The number of benzene rings is 1. The molecule has 0 heterocycles. The van der Waals surface area contributed by atoms with Gasteiger partial charge in [0.2, 0.25) is 0 Å². The van der Waals surface area contributed by atoms with Gasteiger partial charge in [-0.15, -0.1) is 0 Å². The summed E-state index contributed by atoms with van der Waals surface area (Å²) in [6.07, 6.45) is 3.72. The number of halogens is 1. The summed E-state index contributed by atoms with van der Waals surface area (Å²) >= 11 is 3.57. The zero-order valence-corrected chi connectivity index (χ0v) is 10.0. The molecule has 2 rings (SSSR count). The molecule has 0 spiro atoms. The highest BCUT2D eigenvalue weighted by Crippen LogP contribution is 2.29. The van der Waals surface area contributed by atoms with Gasteiger partial charge in [0.05, 0.1) is 7.11 Å². The molecule has 0 saturated heterocycles. The first-order chi connectivity index (χ1) is 6.83. The van der Waals surface area contributed by atoms with Crippen molar-refractivity contribution in [3.05, 3.63) is 29.3 Å². The summed E-state index contributed by atoms with van der Waals surface area (Å²) in [5.41, 5.74) is 2.98. The number of hydrogen-bond acceptors (Lipinski definition) is 1.